The molecule has 2 aromatic heterocycles. The fourth-order valence-electron chi connectivity index (χ4n) is 2.25. The van der Waals surface area contributed by atoms with Crippen molar-refractivity contribution in [2.24, 2.45) is 7.05 Å². The highest BCUT2D eigenvalue weighted by molar-refractivity contribution is 7.89. The van der Waals surface area contributed by atoms with Crippen LogP contribution in [0.5, 0.6) is 0 Å². The van der Waals surface area contributed by atoms with Crippen LogP contribution in [0.15, 0.2) is 59.9 Å². The van der Waals surface area contributed by atoms with Crippen molar-refractivity contribution in [2.75, 3.05) is 0 Å². The molecule has 0 radical (unpaired) electrons. The topological polar surface area (TPSA) is 76.9 Å². The van der Waals surface area contributed by atoms with E-state index in [2.05, 4.69) is 14.8 Å². The zero-order valence-electron chi connectivity index (χ0n) is 12.8. The van der Waals surface area contributed by atoms with Crippen LogP contribution in [0.2, 0.25) is 5.02 Å². The van der Waals surface area contributed by atoms with Gasteiger partial charge in [0.1, 0.15) is 0 Å². The Labute approximate surface area is 145 Å². The largest absolute Gasteiger partial charge is 0.275 e. The van der Waals surface area contributed by atoms with Gasteiger partial charge >= 0.3 is 0 Å². The van der Waals surface area contributed by atoms with Crippen molar-refractivity contribution >= 4 is 21.6 Å². The van der Waals surface area contributed by atoms with E-state index in [1.54, 1.807) is 35.3 Å². The van der Waals surface area contributed by atoms with E-state index in [1.807, 2.05) is 19.3 Å². The summed E-state index contributed by atoms with van der Waals surface area (Å²) in [6, 6.07) is 9.62. The quantitative estimate of drug-likeness (QED) is 0.756. The summed E-state index contributed by atoms with van der Waals surface area (Å²) in [4.78, 5) is 4.51. The third-order valence-electron chi connectivity index (χ3n) is 3.45. The van der Waals surface area contributed by atoms with Crippen LogP contribution >= 0.6 is 11.6 Å². The molecule has 1 aromatic carbocycles. The highest BCUT2D eigenvalue weighted by Gasteiger charge is 2.15. The summed E-state index contributed by atoms with van der Waals surface area (Å²) in [5, 5.41) is 4.61. The lowest BCUT2D eigenvalue weighted by molar-refractivity contribution is 0.581. The molecular formula is C16H15ClN4O2S. The van der Waals surface area contributed by atoms with E-state index in [-0.39, 0.29) is 11.4 Å². The molecule has 0 unspecified atom stereocenters. The van der Waals surface area contributed by atoms with Crippen LogP contribution in [0.4, 0.5) is 0 Å². The number of pyridine rings is 1. The maximum absolute atomic E-state index is 12.4. The average Bonchev–Trinajstić information content (AvgIpc) is 3.00. The normalized spacial score (nSPS) is 11.6. The number of hydrogen-bond donors (Lipinski definition) is 1. The van der Waals surface area contributed by atoms with Crippen LogP contribution in [-0.4, -0.2) is 23.2 Å². The SMILES string of the molecule is Cn1cc(-c2ncccc2CNS(=O)(=O)c2ccc(Cl)cc2)cn1. The molecule has 0 spiro atoms. The van der Waals surface area contributed by atoms with Crippen LogP contribution in [-0.2, 0) is 23.6 Å². The molecule has 124 valence electrons. The second-order valence-corrected chi connectivity index (χ2v) is 7.40. The molecule has 3 rings (SSSR count). The van der Waals surface area contributed by atoms with Crippen molar-refractivity contribution in [3.63, 3.8) is 0 Å². The van der Waals surface area contributed by atoms with E-state index in [1.165, 1.54) is 12.1 Å². The minimum absolute atomic E-state index is 0.128. The number of aryl methyl sites for hydroxylation is 1. The number of nitrogens with one attached hydrogen (secondary N) is 1. The Morgan fingerprint density at radius 2 is 1.96 bits per heavy atom. The second kappa shape index (κ2) is 6.72. The predicted molar refractivity (Wildman–Crippen MR) is 91.9 cm³/mol. The monoisotopic (exact) mass is 362 g/mol. The molecule has 0 atom stereocenters. The van der Waals surface area contributed by atoms with Gasteiger partial charge in [0.05, 0.1) is 16.8 Å². The van der Waals surface area contributed by atoms with Crippen molar-refractivity contribution in [1.29, 1.82) is 0 Å². The number of hydrogen-bond acceptors (Lipinski definition) is 4. The molecule has 6 nitrogen and oxygen atoms in total. The molecule has 1 N–H and O–H groups in total. The van der Waals surface area contributed by atoms with Crippen LogP contribution in [0.3, 0.4) is 0 Å². The molecule has 0 aliphatic heterocycles. The highest BCUT2D eigenvalue weighted by atomic mass is 35.5. The van der Waals surface area contributed by atoms with Gasteiger partial charge in [0.25, 0.3) is 0 Å². The molecule has 3 aromatic rings. The summed E-state index contributed by atoms with van der Waals surface area (Å²) in [6.07, 6.45) is 5.19. The maximum atomic E-state index is 12.4. The van der Waals surface area contributed by atoms with Crippen molar-refractivity contribution in [2.45, 2.75) is 11.4 Å². The van der Waals surface area contributed by atoms with Gasteiger partial charge < -0.3 is 0 Å². The summed E-state index contributed by atoms with van der Waals surface area (Å²) in [5.74, 6) is 0. The Morgan fingerprint density at radius 1 is 1.21 bits per heavy atom. The van der Waals surface area contributed by atoms with Gasteiger partial charge in [0.15, 0.2) is 0 Å². The Balaban J connectivity index is 1.83. The lowest BCUT2D eigenvalue weighted by atomic mass is 10.1. The number of halogens is 1. The third-order valence-corrected chi connectivity index (χ3v) is 5.12. The summed E-state index contributed by atoms with van der Waals surface area (Å²) < 4.78 is 29.0. The predicted octanol–water partition coefficient (Wildman–Crippen LogP) is 2.61. The molecule has 0 bridgehead atoms. The van der Waals surface area contributed by atoms with E-state index in [4.69, 9.17) is 11.6 Å². The number of sulfonamides is 1. The van der Waals surface area contributed by atoms with Gasteiger partial charge in [-0.2, -0.15) is 5.10 Å². The smallest absolute Gasteiger partial charge is 0.240 e. The van der Waals surface area contributed by atoms with Crippen LogP contribution in [0.25, 0.3) is 11.3 Å². The van der Waals surface area contributed by atoms with Crippen molar-refractivity contribution in [1.82, 2.24) is 19.5 Å². The third kappa shape index (κ3) is 3.64. The number of benzene rings is 1. The molecular weight excluding hydrogens is 348 g/mol. The van der Waals surface area contributed by atoms with Gasteiger partial charge in [-0.25, -0.2) is 13.1 Å². The van der Waals surface area contributed by atoms with Gasteiger partial charge in [-0.3, -0.25) is 9.67 Å². The van der Waals surface area contributed by atoms with E-state index in [0.717, 1.165) is 11.1 Å². The molecule has 0 aliphatic carbocycles. The first kappa shape index (κ1) is 16.6. The van der Waals surface area contributed by atoms with Gasteiger partial charge in [0, 0.05) is 36.6 Å². The minimum Gasteiger partial charge on any atom is -0.275 e. The molecule has 0 saturated carbocycles. The Hall–Kier alpha value is -2.22. The van der Waals surface area contributed by atoms with E-state index in [9.17, 15) is 8.42 Å². The molecule has 2 heterocycles. The molecule has 0 saturated heterocycles. The molecule has 0 fully saturated rings. The number of rotatable bonds is 5. The van der Waals surface area contributed by atoms with E-state index < -0.39 is 10.0 Å². The molecule has 24 heavy (non-hydrogen) atoms. The lowest BCUT2D eigenvalue weighted by Crippen LogP contribution is -2.23. The van der Waals surface area contributed by atoms with E-state index >= 15 is 0 Å². The van der Waals surface area contributed by atoms with Gasteiger partial charge in [0.2, 0.25) is 10.0 Å². The summed E-state index contributed by atoms with van der Waals surface area (Å²) in [7, 11) is -1.81. The summed E-state index contributed by atoms with van der Waals surface area (Å²) >= 11 is 5.79. The zero-order valence-corrected chi connectivity index (χ0v) is 14.4. The fraction of sp³-hybridized carbons (Fsp3) is 0.125. The molecule has 0 amide bonds. The van der Waals surface area contributed by atoms with Gasteiger partial charge in [-0.05, 0) is 35.9 Å². The molecule has 0 aliphatic rings. The fourth-order valence-corrected chi connectivity index (χ4v) is 3.39. The standard InChI is InChI=1S/C16H15ClN4O2S/c1-21-11-13(9-19-21)16-12(3-2-8-18-16)10-20-24(22,23)15-6-4-14(17)5-7-15/h2-9,11,20H,10H2,1H3. The van der Waals surface area contributed by atoms with Gasteiger partial charge in [-0.1, -0.05) is 17.7 Å². The first-order chi connectivity index (χ1) is 11.5. The number of aromatic nitrogens is 3. The average molecular weight is 363 g/mol. The Morgan fingerprint density at radius 3 is 2.62 bits per heavy atom. The van der Waals surface area contributed by atoms with Crippen molar-refractivity contribution in [3.8, 4) is 11.3 Å². The van der Waals surface area contributed by atoms with Crippen molar-refractivity contribution in [3.05, 3.63) is 65.6 Å². The van der Waals surface area contributed by atoms with Crippen LogP contribution < -0.4 is 4.72 Å². The van der Waals surface area contributed by atoms with Crippen molar-refractivity contribution < 1.29 is 8.42 Å². The second-order valence-electron chi connectivity index (χ2n) is 5.19. The van der Waals surface area contributed by atoms with Gasteiger partial charge in [-0.15, -0.1) is 0 Å². The van der Waals surface area contributed by atoms with E-state index in [0.29, 0.717) is 10.7 Å². The first-order valence-electron chi connectivity index (χ1n) is 7.14. The zero-order chi connectivity index (χ0) is 17.2. The first-order valence-corrected chi connectivity index (χ1v) is 9.00. The van der Waals surface area contributed by atoms with Crippen LogP contribution in [0.1, 0.15) is 5.56 Å². The number of nitrogens with zero attached hydrogens (tertiary/aromatic N) is 3. The Bertz CT molecular complexity index is 952. The minimum atomic E-state index is -3.63. The summed E-state index contributed by atoms with van der Waals surface area (Å²) in [6.45, 7) is 0.128. The lowest BCUT2D eigenvalue weighted by Gasteiger charge is -2.09. The highest BCUT2D eigenvalue weighted by Crippen LogP contribution is 2.21. The summed E-state index contributed by atoms with van der Waals surface area (Å²) in [5.41, 5.74) is 2.30. The van der Waals surface area contributed by atoms with Crippen LogP contribution in [0, 0.1) is 0 Å². The Kier molecular flexibility index (Phi) is 4.66. The maximum Gasteiger partial charge on any atom is 0.240 e. The molecule has 8 heteroatoms.